The van der Waals surface area contributed by atoms with Gasteiger partial charge in [0.2, 0.25) is 0 Å². The summed E-state index contributed by atoms with van der Waals surface area (Å²) in [6.45, 7) is 7.73. The van der Waals surface area contributed by atoms with Gasteiger partial charge in [0, 0.05) is 25.3 Å². The molecule has 6 nitrogen and oxygen atoms in total. The van der Waals surface area contributed by atoms with Crippen molar-refractivity contribution < 1.29 is 8.42 Å². The van der Waals surface area contributed by atoms with Crippen molar-refractivity contribution >= 4 is 10.2 Å². The maximum Gasteiger partial charge on any atom is 0.282 e. The molecule has 2 heterocycles. The molecule has 0 radical (unpaired) electrons. The first-order valence-corrected chi connectivity index (χ1v) is 9.69. The molecule has 0 aliphatic carbocycles. The van der Waals surface area contributed by atoms with Gasteiger partial charge in [-0.15, -0.1) is 0 Å². The van der Waals surface area contributed by atoms with Gasteiger partial charge < -0.3 is 0 Å². The van der Waals surface area contributed by atoms with Gasteiger partial charge in [0.1, 0.15) is 0 Å². The molecule has 1 fully saturated rings. The van der Waals surface area contributed by atoms with Gasteiger partial charge in [-0.2, -0.15) is 22.1 Å². The molecule has 1 aliphatic heterocycles. The fourth-order valence-electron chi connectivity index (χ4n) is 3.08. The van der Waals surface area contributed by atoms with Crippen molar-refractivity contribution in [3.8, 4) is 0 Å². The summed E-state index contributed by atoms with van der Waals surface area (Å²) in [5.74, 6) is 0. The van der Waals surface area contributed by atoms with E-state index in [1.165, 1.54) is 0 Å². The smallest absolute Gasteiger partial charge is 0.282 e. The maximum absolute atomic E-state index is 13.1. The molecule has 0 aromatic carbocycles. The first-order chi connectivity index (χ1) is 10.5. The third kappa shape index (κ3) is 3.70. The monoisotopic (exact) mass is 328 g/mol. The fraction of sp³-hybridized carbons (Fsp3) is 0.800. The number of aromatic nitrogens is 2. The SMILES string of the molecule is CCCN(CCC)S(=O)(=O)N1CCCCC1c1cc(C)[nH]n1. The van der Waals surface area contributed by atoms with Crippen molar-refractivity contribution in [2.24, 2.45) is 0 Å². The van der Waals surface area contributed by atoms with E-state index < -0.39 is 10.2 Å². The molecule has 22 heavy (non-hydrogen) atoms. The summed E-state index contributed by atoms with van der Waals surface area (Å²) < 4.78 is 29.4. The van der Waals surface area contributed by atoms with Crippen LogP contribution in [0.4, 0.5) is 0 Å². The molecule has 1 aliphatic rings. The van der Waals surface area contributed by atoms with Gasteiger partial charge in [0.05, 0.1) is 11.7 Å². The highest BCUT2D eigenvalue weighted by Crippen LogP contribution is 2.33. The number of rotatable bonds is 7. The van der Waals surface area contributed by atoms with Gasteiger partial charge in [0.15, 0.2) is 0 Å². The molecule has 1 aromatic rings. The topological polar surface area (TPSA) is 69.3 Å². The highest BCUT2D eigenvalue weighted by molar-refractivity contribution is 7.86. The molecule has 1 unspecified atom stereocenters. The highest BCUT2D eigenvalue weighted by atomic mass is 32.2. The Morgan fingerprint density at radius 3 is 2.55 bits per heavy atom. The summed E-state index contributed by atoms with van der Waals surface area (Å²) in [6, 6.07) is 1.82. The molecule has 7 heteroatoms. The van der Waals surface area contributed by atoms with Crippen LogP contribution in [0.15, 0.2) is 6.07 Å². The Labute approximate surface area is 134 Å². The van der Waals surface area contributed by atoms with Gasteiger partial charge in [-0.25, -0.2) is 0 Å². The summed E-state index contributed by atoms with van der Waals surface area (Å²) >= 11 is 0. The van der Waals surface area contributed by atoms with Crippen LogP contribution in [0, 0.1) is 6.92 Å². The summed E-state index contributed by atoms with van der Waals surface area (Å²) in [5.41, 5.74) is 1.81. The zero-order chi connectivity index (χ0) is 16.2. The molecule has 2 rings (SSSR count). The molecule has 0 bridgehead atoms. The Balaban J connectivity index is 2.28. The van der Waals surface area contributed by atoms with Crippen LogP contribution in [0.3, 0.4) is 0 Å². The third-order valence-electron chi connectivity index (χ3n) is 4.09. The molecule has 126 valence electrons. The number of piperidine rings is 1. The van der Waals surface area contributed by atoms with E-state index in [-0.39, 0.29) is 6.04 Å². The number of H-pyrrole nitrogens is 1. The highest BCUT2D eigenvalue weighted by Gasteiger charge is 2.37. The van der Waals surface area contributed by atoms with Crippen LogP contribution < -0.4 is 0 Å². The molecular formula is C15H28N4O2S. The Morgan fingerprint density at radius 2 is 2.00 bits per heavy atom. The summed E-state index contributed by atoms with van der Waals surface area (Å²) in [6.07, 6.45) is 4.48. The van der Waals surface area contributed by atoms with Crippen molar-refractivity contribution in [1.82, 2.24) is 18.8 Å². The van der Waals surface area contributed by atoms with Gasteiger partial charge in [0.25, 0.3) is 10.2 Å². The van der Waals surface area contributed by atoms with Crippen LogP contribution in [-0.2, 0) is 10.2 Å². The van der Waals surface area contributed by atoms with Gasteiger partial charge in [-0.1, -0.05) is 20.3 Å². The van der Waals surface area contributed by atoms with E-state index in [1.807, 2.05) is 26.8 Å². The predicted octanol–water partition coefficient (Wildman–Crippen LogP) is 2.61. The number of hydrogen-bond donors (Lipinski definition) is 1. The third-order valence-corrected chi connectivity index (χ3v) is 6.14. The van der Waals surface area contributed by atoms with Crippen molar-refractivity contribution in [2.45, 2.75) is 58.9 Å². The van der Waals surface area contributed by atoms with Crippen molar-refractivity contribution in [3.05, 3.63) is 17.5 Å². The average Bonchev–Trinajstić information content (AvgIpc) is 2.93. The minimum absolute atomic E-state index is 0.139. The molecular weight excluding hydrogens is 300 g/mol. The molecule has 1 saturated heterocycles. The van der Waals surface area contributed by atoms with Crippen molar-refractivity contribution in [2.75, 3.05) is 19.6 Å². The second-order valence-electron chi connectivity index (χ2n) is 6.00. The number of aryl methyl sites for hydroxylation is 1. The molecule has 1 atom stereocenters. The van der Waals surface area contributed by atoms with Gasteiger partial charge in [-0.05, 0) is 38.7 Å². The molecule has 1 N–H and O–H groups in total. The van der Waals surface area contributed by atoms with Crippen molar-refractivity contribution in [3.63, 3.8) is 0 Å². The number of aromatic amines is 1. The zero-order valence-corrected chi connectivity index (χ0v) is 14.7. The second kappa shape index (κ2) is 7.57. The molecule has 0 amide bonds. The van der Waals surface area contributed by atoms with E-state index in [2.05, 4.69) is 10.2 Å². The number of nitrogens with zero attached hydrogens (tertiary/aromatic N) is 3. The van der Waals surface area contributed by atoms with E-state index >= 15 is 0 Å². The fourth-order valence-corrected chi connectivity index (χ4v) is 5.09. The quantitative estimate of drug-likeness (QED) is 0.836. The Morgan fingerprint density at radius 1 is 1.32 bits per heavy atom. The predicted molar refractivity (Wildman–Crippen MR) is 87.7 cm³/mol. The van der Waals surface area contributed by atoms with Crippen molar-refractivity contribution in [1.29, 1.82) is 0 Å². The Kier molecular flexibility index (Phi) is 6.00. The van der Waals surface area contributed by atoms with E-state index in [1.54, 1.807) is 8.61 Å². The molecule has 1 aromatic heterocycles. The molecule has 0 spiro atoms. The second-order valence-corrected chi connectivity index (χ2v) is 7.89. The lowest BCUT2D eigenvalue weighted by molar-refractivity contribution is 0.229. The van der Waals surface area contributed by atoms with Crippen LogP contribution in [-0.4, -0.2) is 46.9 Å². The lowest BCUT2D eigenvalue weighted by Gasteiger charge is -2.37. The Hall–Kier alpha value is -0.920. The largest absolute Gasteiger partial charge is 0.283 e. The van der Waals surface area contributed by atoms with E-state index in [9.17, 15) is 8.42 Å². The van der Waals surface area contributed by atoms with E-state index in [0.717, 1.165) is 43.5 Å². The lowest BCUT2D eigenvalue weighted by Crippen LogP contribution is -2.47. The summed E-state index contributed by atoms with van der Waals surface area (Å²) in [5, 5.41) is 7.24. The molecule has 0 saturated carbocycles. The standard InChI is InChI=1S/C15H28N4O2S/c1-4-9-18(10-5-2)22(20,21)19-11-7-6-8-15(19)14-12-13(3)16-17-14/h12,15H,4-11H2,1-3H3,(H,16,17). The van der Waals surface area contributed by atoms with E-state index in [4.69, 9.17) is 0 Å². The Bertz CT molecular complexity index is 564. The van der Waals surface area contributed by atoms with Crippen LogP contribution in [0.1, 0.15) is 63.4 Å². The maximum atomic E-state index is 13.1. The van der Waals surface area contributed by atoms with E-state index in [0.29, 0.717) is 19.6 Å². The average molecular weight is 328 g/mol. The lowest BCUT2D eigenvalue weighted by atomic mass is 10.0. The first kappa shape index (κ1) is 17.4. The summed E-state index contributed by atoms with van der Waals surface area (Å²) in [4.78, 5) is 0. The normalized spacial score (nSPS) is 20.6. The minimum Gasteiger partial charge on any atom is -0.283 e. The van der Waals surface area contributed by atoms with Gasteiger partial charge in [-0.3, -0.25) is 5.10 Å². The zero-order valence-electron chi connectivity index (χ0n) is 13.9. The van der Waals surface area contributed by atoms with Crippen LogP contribution in [0.5, 0.6) is 0 Å². The first-order valence-electron chi connectivity index (χ1n) is 8.29. The summed E-state index contributed by atoms with van der Waals surface area (Å²) in [7, 11) is -3.42. The minimum atomic E-state index is -3.42. The number of nitrogens with one attached hydrogen (secondary N) is 1. The van der Waals surface area contributed by atoms with Crippen LogP contribution in [0.25, 0.3) is 0 Å². The van der Waals surface area contributed by atoms with Crippen LogP contribution >= 0.6 is 0 Å². The number of hydrogen-bond acceptors (Lipinski definition) is 3. The van der Waals surface area contributed by atoms with Crippen LogP contribution in [0.2, 0.25) is 0 Å². The van der Waals surface area contributed by atoms with Gasteiger partial charge >= 0.3 is 0 Å².